The maximum atomic E-state index is 12.2. The second-order valence-corrected chi connectivity index (χ2v) is 5.96. The third-order valence-corrected chi connectivity index (χ3v) is 4.38. The van der Waals surface area contributed by atoms with Crippen LogP contribution in [0.5, 0.6) is 0 Å². The first kappa shape index (κ1) is 13.1. The van der Waals surface area contributed by atoms with Crippen LogP contribution in [0.15, 0.2) is 47.4 Å². The van der Waals surface area contributed by atoms with E-state index in [0.29, 0.717) is 11.4 Å². The summed E-state index contributed by atoms with van der Waals surface area (Å²) in [5.74, 6) is 0. The van der Waals surface area contributed by atoms with Crippen molar-refractivity contribution in [1.29, 1.82) is 0 Å². The van der Waals surface area contributed by atoms with Crippen LogP contribution in [0.4, 0.5) is 0 Å². The summed E-state index contributed by atoms with van der Waals surface area (Å²) in [4.78, 5) is 0.358. The van der Waals surface area contributed by atoms with Crippen LogP contribution in [0.2, 0.25) is 0 Å². The van der Waals surface area contributed by atoms with Gasteiger partial charge in [0.15, 0.2) is 0 Å². The van der Waals surface area contributed by atoms with Crippen molar-refractivity contribution in [2.24, 2.45) is 0 Å². The number of hydrogen-bond donors (Lipinski definition) is 1. The molecule has 96 valence electrons. The molecule has 0 aromatic heterocycles. The van der Waals surface area contributed by atoms with E-state index >= 15 is 0 Å². The van der Waals surface area contributed by atoms with Gasteiger partial charge in [0.25, 0.3) is 0 Å². The topological polar surface area (TPSA) is 46.2 Å². The molecule has 2 aromatic carbocycles. The van der Waals surface area contributed by atoms with E-state index in [1.165, 1.54) is 0 Å². The molecule has 0 aliphatic rings. The number of sulfonamides is 1. The number of benzene rings is 2. The quantitative estimate of drug-likeness (QED) is 0.843. The highest BCUT2D eigenvalue weighted by Crippen LogP contribution is 2.22. The highest BCUT2D eigenvalue weighted by Gasteiger charge is 2.15. The number of nitrogens with one attached hydrogen (secondary N) is 1. The second kappa shape index (κ2) is 5.50. The van der Waals surface area contributed by atoms with E-state index in [1.54, 1.807) is 12.1 Å². The molecule has 0 atom stereocenters. The molecule has 0 aliphatic heterocycles. The number of fused-ring (bicyclic) bond motifs is 1. The van der Waals surface area contributed by atoms with E-state index in [4.69, 9.17) is 0 Å². The van der Waals surface area contributed by atoms with Gasteiger partial charge in [0.2, 0.25) is 10.0 Å². The molecule has 0 radical (unpaired) electrons. The van der Waals surface area contributed by atoms with Gasteiger partial charge in [0, 0.05) is 11.9 Å². The van der Waals surface area contributed by atoms with Crippen LogP contribution in [0.1, 0.15) is 19.8 Å². The molecule has 0 saturated carbocycles. The molecule has 0 fully saturated rings. The molecule has 0 spiro atoms. The average molecular weight is 263 g/mol. The number of rotatable bonds is 5. The third-order valence-electron chi connectivity index (χ3n) is 2.86. The SMILES string of the molecule is CCCCNS(=O)(=O)c1cccc2ccccc12. The Morgan fingerprint density at radius 3 is 2.56 bits per heavy atom. The average Bonchev–Trinajstić information content (AvgIpc) is 2.38. The first-order valence-corrected chi connectivity index (χ1v) is 7.61. The molecule has 0 aliphatic carbocycles. The van der Waals surface area contributed by atoms with Crippen molar-refractivity contribution in [1.82, 2.24) is 4.72 Å². The summed E-state index contributed by atoms with van der Waals surface area (Å²) in [7, 11) is -3.41. The zero-order chi connectivity index (χ0) is 13.0. The minimum Gasteiger partial charge on any atom is -0.211 e. The van der Waals surface area contributed by atoms with E-state index in [9.17, 15) is 8.42 Å². The van der Waals surface area contributed by atoms with Gasteiger partial charge in [-0.25, -0.2) is 13.1 Å². The molecule has 0 unspecified atom stereocenters. The lowest BCUT2D eigenvalue weighted by Crippen LogP contribution is -2.24. The van der Waals surface area contributed by atoms with Crippen molar-refractivity contribution in [2.75, 3.05) is 6.54 Å². The second-order valence-electron chi connectivity index (χ2n) is 4.23. The fourth-order valence-corrected chi connectivity index (χ4v) is 3.19. The largest absolute Gasteiger partial charge is 0.241 e. The Morgan fingerprint density at radius 1 is 1.06 bits per heavy atom. The summed E-state index contributed by atoms with van der Waals surface area (Å²) < 4.78 is 27.1. The molecule has 0 heterocycles. The molecule has 0 saturated heterocycles. The smallest absolute Gasteiger partial charge is 0.211 e. The Bertz CT molecular complexity index is 630. The fourth-order valence-electron chi connectivity index (χ4n) is 1.89. The highest BCUT2D eigenvalue weighted by atomic mass is 32.2. The molecule has 3 nitrogen and oxygen atoms in total. The summed E-state index contributed by atoms with van der Waals surface area (Å²) in [6.45, 7) is 2.52. The predicted molar refractivity (Wildman–Crippen MR) is 74.0 cm³/mol. The van der Waals surface area contributed by atoms with E-state index in [1.807, 2.05) is 37.3 Å². The van der Waals surface area contributed by atoms with Crippen LogP contribution in [-0.2, 0) is 10.0 Å². The van der Waals surface area contributed by atoms with Crippen LogP contribution in [0.3, 0.4) is 0 Å². The minimum atomic E-state index is -3.41. The van der Waals surface area contributed by atoms with Crippen molar-refractivity contribution in [3.63, 3.8) is 0 Å². The lowest BCUT2D eigenvalue weighted by molar-refractivity contribution is 0.579. The maximum absolute atomic E-state index is 12.2. The van der Waals surface area contributed by atoms with Crippen molar-refractivity contribution < 1.29 is 8.42 Å². The standard InChI is InChI=1S/C14H17NO2S/c1-2-3-11-15-18(16,17)14-10-6-8-12-7-4-5-9-13(12)14/h4-10,15H,2-3,11H2,1H3. The molecule has 1 N–H and O–H groups in total. The Morgan fingerprint density at radius 2 is 1.78 bits per heavy atom. The lowest BCUT2D eigenvalue weighted by Gasteiger charge is -2.09. The molecular formula is C14H17NO2S. The van der Waals surface area contributed by atoms with Gasteiger partial charge in [0.1, 0.15) is 0 Å². The van der Waals surface area contributed by atoms with Crippen molar-refractivity contribution >= 4 is 20.8 Å². The molecule has 2 aromatic rings. The fraction of sp³-hybridized carbons (Fsp3) is 0.286. The normalized spacial score (nSPS) is 11.8. The Hall–Kier alpha value is -1.39. The summed E-state index contributed by atoms with van der Waals surface area (Å²) in [6.07, 6.45) is 1.82. The van der Waals surface area contributed by atoms with Crippen molar-refractivity contribution in [3.05, 3.63) is 42.5 Å². The van der Waals surface area contributed by atoms with E-state index in [0.717, 1.165) is 23.6 Å². The summed E-state index contributed by atoms with van der Waals surface area (Å²) in [6, 6.07) is 12.9. The molecule has 2 rings (SSSR count). The van der Waals surface area contributed by atoms with Gasteiger partial charge in [-0.05, 0) is 17.9 Å². The summed E-state index contributed by atoms with van der Waals surface area (Å²) in [5, 5.41) is 1.71. The highest BCUT2D eigenvalue weighted by molar-refractivity contribution is 7.89. The van der Waals surface area contributed by atoms with Gasteiger partial charge < -0.3 is 0 Å². The van der Waals surface area contributed by atoms with Gasteiger partial charge in [-0.1, -0.05) is 49.7 Å². The Kier molecular flexibility index (Phi) is 3.99. The minimum absolute atomic E-state index is 0.358. The first-order chi connectivity index (χ1) is 8.65. The van der Waals surface area contributed by atoms with Gasteiger partial charge in [-0.15, -0.1) is 0 Å². The zero-order valence-corrected chi connectivity index (χ0v) is 11.2. The van der Waals surface area contributed by atoms with Gasteiger partial charge in [-0.3, -0.25) is 0 Å². The number of hydrogen-bond acceptors (Lipinski definition) is 2. The molecular weight excluding hydrogens is 246 g/mol. The maximum Gasteiger partial charge on any atom is 0.241 e. The molecule has 0 amide bonds. The van der Waals surface area contributed by atoms with Crippen LogP contribution in [0.25, 0.3) is 10.8 Å². The van der Waals surface area contributed by atoms with Crippen LogP contribution in [0, 0.1) is 0 Å². The Labute approximate surface area is 108 Å². The van der Waals surface area contributed by atoms with E-state index in [-0.39, 0.29) is 0 Å². The first-order valence-electron chi connectivity index (χ1n) is 6.12. The summed E-state index contributed by atoms with van der Waals surface area (Å²) in [5.41, 5.74) is 0. The van der Waals surface area contributed by atoms with Crippen LogP contribution < -0.4 is 4.72 Å². The lowest BCUT2D eigenvalue weighted by atomic mass is 10.1. The zero-order valence-electron chi connectivity index (χ0n) is 10.4. The van der Waals surface area contributed by atoms with Crippen molar-refractivity contribution in [2.45, 2.75) is 24.7 Å². The van der Waals surface area contributed by atoms with Crippen molar-refractivity contribution in [3.8, 4) is 0 Å². The van der Waals surface area contributed by atoms with Crippen LogP contribution >= 0.6 is 0 Å². The third kappa shape index (κ3) is 2.71. The van der Waals surface area contributed by atoms with Gasteiger partial charge >= 0.3 is 0 Å². The molecule has 0 bridgehead atoms. The van der Waals surface area contributed by atoms with Crippen LogP contribution in [-0.4, -0.2) is 15.0 Å². The summed E-state index contributed by atoms with van der Waals surface area (Å²) >= 11 is 0. The predicted octanol–water partition coefficient (Wildman–Crippen LogP) is 2.92. The van der Waals surface area contributed by atoms with Gasteiger partial charge in [-0.2, -0.15) is 0 Å². The monoisotopic (exact) mass is 263 g/mol. The van der Waals surface area contributed by atoms with E-state index in [2.05, 4.69) is 4.72 Å². The van der Waals surface area contributed by atoms with Gasteiger partial charge in [0.05, 0.1) is 4.90 Å². The van der Waals surface area contributed by atoms with E-state index < -0.39 is 10.0 Å². The number of unbranched alkanes of at least 4 members (excludes halogenated alkanes) is 1. The molecule has 4 heteroatoms. The molecule has 18 heavy (non-hydrogen) atoms. The Balaban J connectivity index is 2.41.